The quantitative estimate of drug-likeness (QED) is 0.618. The van der Waals surface area contributed by atoms with E-state index in [-0.39, 0.29) is 18.4 Å². The number of hydrogen-bond donors (Lipinski definition) is 2. The lowest BCUT2D eigenvalue weighted by Gasteiger charge is -2.13. The molecule has 0 rings (SSSR count). The highest BCUT2D eigenvalue weighted by molar-refractivity contribution is 7.89. The second kappa shape index (κ2) is 6.59. The summed E-state index contributed by atoms with van der Waals surface area (Å²) in [6, 6.07) is -0.375. The molecule has 2 N–H and O–H groups in total. The lowest BCUT2D eigenvalue weighted by atomic mass is 10.3. The van der Waals surface area contributed by atoms with E-state index in [2.05, 4.69) is 4.72 Å². The molecule has 0 radical (unpaired) electrons. The molecule has 80 valence electrons. The van der Waals surface area contributed by atoms with E-state index in [0.29, 0.717) is 18.7 Å². The minimum atomic E-state index is -3.26. The van der Waals surface area contributed by atoms with Gasteiger partial charge in [-0.25, -0.2) is 13.1 Å². The normalized spacial score (nSPS) is 14.4. The third-order valence-electron chi connectivity index (χ3n) is 1.61. The van der Waals surface area contributed by atoms with Gasteiger partial charge in [0.05, 0.1) is 12.4 Å². The molecule has 0 amide bonds. The fourth-order valence-electron chi connectivity index (χ4n) is 0.807. The number of nitrogens with one attached hydrogen (secondary N) is 1. The molecule has 1 atom stereocenters. The Morgan fingerprint density at radius 1 is 1.54 bits per heavy atom. The minimum absolute atomic E-state index is 0.0208. The smallest absolute Gasteiger partial charge is 0.211 e. The standard InChI is InChI=1S/C7H16ClNO3S/c1-2-7(6-10)9-13(11,12)5-3-4-8/h7,9-10H,2-6H2,1H3/t7-/m0/s1. The van der Waals surface area contributed by atoms with Crippen LogP contribution in [0.1, 0.15) is 19.8 Å². The predicted octanol–water partition coefficient (Wildman–Crippen LogP) is 0.306. The zero-order valence-electron chi connectivity index (χ0n) is 7.66. The summed E-state index contributed by atoms with van der Waals surface area (Å²) in [5.41, 5.74) is 0. The first kappa shape index (κ1) is 13.2. The predicted molar refractivity (Wildman–Crippen MR) is 53.4 cm³/mol. The molecule has 0 bridgehead atoms. The fourth-order valence-corrected chi connectivity index (χ4v) is 2.49. The van der Waals surface area contributed by atoms with E-state index in [9.17, 15) is 8.42 Å². The Balaban J connectivity index is 4.00. The third kappa shape index (κ3) is 6.26. The van der Waals surface area contributed by atoms with Crippen molar-refractivity contribution in [1.29, 1.82) is 0 Å². The van der Waals surface area contributed by atoms with Crippen LogP contribution in [0.5, 0.6) is 0 Å². The van der Waals surface area contributed by atoms with Gasteiger partial charge in [0.25, 0.3) is 0 Å². The number of alkyl halides is 1. The average molecular weight is 230 g/mol. The van der Waals surface area contributed by atoms with Crippen molar-refractivity contribution < 1.29 is 13.5 Å². The van der Waals surface area contributed by atoms with Gasteiger partial charge < -0.3 is 5.11 Å². The van der Waals surface area contributed by atoms with Crippen molar-refractivity contribution in [1.82, 2.24) is 4.72 Å². The number of aliphatic hydroxyl groups excluding tert-OH is 1. The van der Waals surface area contributed by atoms with Gasteiger partial charge >= 0.3 is 0 Å². The van der Waals surface area contributed by atoms with Crippen molar-refractivity contribution in [2.24, 2.45) is 0 Å². The summed E-state index contributed by atoms with van der Waals surface area (Å²) in [6.07, 6.45) is 1.01. The highest BCUT2D eigenvalue weighted by Gasteiger charge is 2.14. The van der Waals surface area contributed by atoms with Crippen molar-refractivity contribution in [3.05, 3.63) is 0 Å². The maximum Gasteiger partial charge on any atom is 0.211 e. The summed E-state index contributed by atoms with van der Waals surface area (Å²) in [4.78, 5) is 0. The number of hydrogen-bond acceptors (Lipinski definition) is 3. The summed E-state index contributed by atoms with van der Waals surface area (Å²) in [5.74, 6) is 0.351. The van der Waals surface area contributed by atoms with Crippen molar-refractivity contribution in [3.8, 4) is 0 Å². The third-order valence-corrected chi connectivity index (χ3v) is 3.39. The molecular weight excluding hydrogens is 214 g/mol. The molecular formula is C7H16ClNO3S. The van der Waals surface area contributed by atoms with Gasteiger partial charge in [0.15, 0.2) is 0 Å². The molecule has 0 heterocycles. The van der Waals surface area contributed by atoms with E-state index < -0.39 is 10.0 Å². The first-order chi connectivity index (χ1) is 6.05. The van der Waals surface area contributed by atoms with E-state index in [1.807, 2.05) is 6.92 Å². The Labute approximate surface area is 84.3 Å². The molecule has 0 saturated carbocycles. The van der Waals surface area contributed by atoms with E-state index >= 15 is 0 Å². The van der Waals surface area contributed by atoms with Crippen molar-refractivity contribution >= 4 is 21.6 Å². The highest BCUT2D eigenvalue weighted by Crippen LogP contribution is 1.97. The second-order valence-electron chi connectivity index (χ2n) is 2.77. The average Bonchev–Trinajstić information content (AvgIpc) is 2.11. The fraction of sp³-hybridized carbons (Fsp3) is 1.00. The summed E-state index contributed by atoms with van der Waals surface area (Å²) in [7, 11) is -3.26. The van der Waals surface area contributed by atoms with Crippen LogP contribution in [0.3, 0.4) is 0 Å². The van der Waals surface area contributed by atoms with E-state index in [0.717, 1.165) is 0 Å². The van der Waals surface area contributed by atoms with Gasteiger partial charge in [-0.1, -0.05) is 6.92 Å². The molecule has 0 unspecified atom stereocenters. The van der Waals surface area contributed by atoms with Gasteiger partial charge in [0, 0.05) is 11.9 Å². The zero-order chi connectivity index (χ0) is 10.3. The molecule has 0 aromatic heterocycles. The highest BCUT2D eigenvalue weighted by atomic mass is 35.5. The molecule has 0 aromatic rings. The van der Waals surface area contributed by atoms with Crippen LogP contribution in [-0.2, 0) is 10.0 Å². The number of aliphatic hydroxyl groups is 1. The van der Waals surface area contributed by atoms with Crippen LogP contribution in [0.2, 0.25) is 0 Å². The summed E-state index contributed by atoms with van der Waals surface area (Å²) in [5, 5.41) is 8.76. The molecule has 0 aliphatic heterocycles. The topological polar surface area (TPSA) is 66.4 Å². The number of rotatable bonds is 7. The maximum absolute atomic E-state index is 11.2. The van der Waals surface area contributed by atoms with Crippen LogP contribution in [0.15, 0.2) is 0 Å². The largest absolute Gasteiger partial charge is 0.395 e. The van der Waals surface area contributed by atoms with Crippen LogP contribution in [0.25, 0.3) is 0 Å². The van der Waals surface area contributed by atoms with Crippen LogP contribution < -0.4 is 4.72 Å². The summed E-state index contributed by atoms with van der Waals surface area (Å²) in [6.45, 7) is 1.64. The Kier molecular flexibility index (Phi) is 6.67. The zero-order valence-corrected chi connectivity index (χ0v) is 9.24. The lowest BCUT2D eigenvalue weighted by molar-refractivity contribution is 0.254. The lowest BCUT2D eigenvalue weighted by Crippen LogP contribution is -2.38. The molecule has 0 saturated heterocycles. The van der Waals surface area contributed by atoms with Crippen LogP contribution in [0.4, 0.5) is 0 Å². The SMILES string of the molecule is CC[C@@H](CO)NS(=O)(=O)CCCCl. The first-order valence-electron chi connectivity index (χ1n) is 4.22. The van der Waals surface area contributed by atoms with Gasteiger partial charge in [-0.05, 0) is 12.8 Å². The Morgan fingerprint density at radius 2 is 2.15 bits per heavy atom. The molecule has 0 aromatic carbocycles. The van der Waals surface area contributed by atoms with E-state index in [1.165, 1.54) is 0 Å². The van der Waals surface area contributed by atoms with E-state index in [4.69, 9.17) is 16.7 Å². The van der Waals surface area contributed by atoms with Gasteiger partial charge in [0.1, 0.15) is 0 Å². The number of halogens is 1. The molecule has 0 aliphatic carbocycles. The molecule has 0 spiro atoms. The molecule has 0 aliphatic rings. The molecule has 0 fully saturated rings. The van der Waals surface area contributed by atoms with Gasteiger partial charge in [-0.15, -0.1) is 11.6 Å². The Morgan fingerprint density at radius 3 is 2.54 bits per heavy atom. The summed E-state index contributed by atoms with van der Waals surface area (Å²) >= 11 is 5.37. The van der Waals surface area contributed by atoms with Gasteiger partial charge in [-0.3, -0.25) is 0 Å². The van der Waals surface area contributed by atoms with Gasteiger partial charge in [-0.2, -0.15) is 0 Å². The summed E-state index contributed by atoms with van der Waals surface area (Å²) < 4.78 is 24.9. The van der Waals surface area contributed by atoms with Crippen molar-refractivity contribution in [2.45, 2.75) is 25.8 Å². The monoisotopic (exact) mass is 229 g/mol. The molecule has 4 nitrogen and oxygen atoms in total. The van der Waals surface area contributed by atoms with Crippen molar-refractivity contribution in [3.63, 3.8) is 0 Å². The Bertz CT molecular complexity index is 214. The minimum Gasteiger partial charge on any atom is -0.395 e. The van der Waals surface area contributed by atoms with E-state index in [1.54, 1.807) is 0 Å². The van der Waals surface area contributed by atoms with Crippen LogP contribution in [0, 0.1) is 0 Å². The molecule has 6 heteroatoms. The van der Waals surface area contributed by atoms with Crippen molar-refractivity contribution in [2.75, 3.05) is 18.2 Å². The maximum atomic E-state index is 11.2. The van der Waals surface area contributed by atoms with Crippen LogP contribution in [-0.4, -0.2) is 37.8 Å². The number of sulfonamides is 1. The van der Waals surface area contributed by atoms with Gasteiger partial charge in [0.2, 0.25) is 10.0 Å². The van der Waals surface area contributed by atoms with Crippen LogP contribution >= 0.6 is 11.6 Å². The Hall–Kier alpha value is 0.160. The molecule has 13 heavy (non-hydrogen) atoms. The first-order valence-corrected chi connectivity index (χ1v) is 6.41. The second-order valence-corrected chi connectivity index (χ2v) is 5.02.